The molecule has 7 heteroatoms. The highest BCUT2D eigenvalue weighted by atomic mass is 19.4. The van der Waals surface area contributed by atoms with Gasteiger partial charge < -0.3 is 15.7 Å². The number of likely N-dealkylation sites (tertiary alicyclic amines) is 1. The van der Waals surface area contributed by atoms with Gasteiger partial charge in [0.05, 0.1) is 5.69 Å². The fourth-order valence-corrected chi connectivity index (χ4v) is 4.38. The molecular formula is C17H21F3N2O2. The van der Waals surface area contributed by atoms with Crippen LogP contribution in [0.3, 0.4) is 0 Å². The lowest BCUT2D eigenvalue weighted by atomic mass is 9.51. The first kappa shape index (κ1) is 16.9. The number of alkyl halides is 3. The number of anilines is 1. The van der Waals surface area contributed by atoms with E-state index < -0.39 is 29.0 Å². The minimum Gasteiger partial charge on any atom is -0.506 e. The smallest absolute Gasteiger partial charge is 0.471 e. The number of phenols is 1. The number of halogens is 3. The molecule has 1 aromatic carbocycles. The summed E-state index contributed by atoms with van der Waals surface area (Å²) in [5.41, 5.74) is 6.66. The van der Waals surface area contributed by atoms with E-state index in [4.69, 9.17) is 5.73 Å². The van der Waals surface area contributed by atoms with E-state index >= 15 is 0 Å². The van der Waals surface area contributed by atoms with Crippen molar-refractivity contribution in [3.05, 3.63) is 23.3 Å². The van der Waals surface area contributed by atoms with Crippen LogP contribution >= 0.6 is 0 Å². The Bertz CT molecular complexity index is 715. The van der Waals surface area contributed by atoms with Gasteiger partial charge in [-0.25, -0.2) is 0 Å². The molecule has 1 saturated heterocycles. The first-order chi connectivity index (χ1) is 10.9. The van der Waals surface area contributed by atoms with Gasteiger partial charge in [-0.3, -0.25) is 4.79 Å². The van der Waals surface area contributed by atoms with Crippen molar-refractivity contribution in [2.45, 2.75) is 51.2 Å². The number of phenolic OH excluding ortho intramolecular Hbond substituents is 1. The average Bonchev–Trinajstić information content (AvgIpc) is 2.44. The Morgan fingerprint density at radius 3 is 2.54 bits per heavy atom. The highest BCUT2D eigenvalue weighted by molar-refractivity contribution is 5.82. The van der Waals surface area contributed by atoms with Crippen LogP contribution in [0.4, 0.5) is 18.9 Å². The van der Waals surface area contributed by atoms with Crippen molar-refractivity contribution in [2.75, 3.05) is 12.3 Å². The van der Waals surface area contributed by atoms with E-state index in [9.17, 15) is 23.1 Å². The number of rotatable bonds is 0. The molecule has 0 saturated carbocycles. The zero-order valence-corrected chi connectivity index (χ0v) is 13.9. The molecule has 1 aromatic rings. The first-order valence-electron chi connectivity index (χ1n) is 7.89. The van der Waals surface area contributed by atoms with Crippen molar-refractivity contribution in [3.63, 3.8) is 0 Å². The standard InChI is InChI=1S/C17H21F3N2O2/c1-15(2)13-7-9-6-11(21)12(23)8-10(9)16(15,3)4-5-22(13)14(24)17(18,19)20/h6,8,13,23H,4-5,7,21H2,1-3H3/t13-,16+/m1/s1. The molecule has 1 fully saturated rings. The van der Waals surface area contributed by atoms with Crippen LogP contribution < -0.4 is 5.73 Å². The summed E-state index contributed by atoms with van der Waals surface area (Å²) in [4.78, 5) is 12.8. The van der Waals surface area contributed by atoms with Crippen LogP contribution in [-0.4, -0.2) is 34.7 Å². The molecule has 1 aliphatic carbocycles. The highest BCUT2D eigenvalue weighted by Gasteiger charge is 2.59. The summed E-state index contributed by atoms with van der Waals surface area (Å²) in [6, 6.07) is 2.68. The number of hydrogen-bond donors (Lipinski definition) is 2. The Balaban J connectivity index is 2.13. The summed E-state index contributed by atoms with van der Waals surface area (Å²) in [5, 5.41) is 9.97. The number of aromatic hydroxyl groups is 1. The maximum absolute atomic E-state index is 13.0. The lowest BCUT2D eigenvalue weighted by Crippen LogP contribution is -2.66. The van der Waals surface area contributed by atoms with Gasteiger partial charge in [-0.15, -0.1) is 0 Å². The normalized spacial score (nSPS) is 28.4. The number of amides is 1. The molecular weight excluding hydrogens is 321 g/mol. The van der Waals surface area contributed by atoms with E-state index in [2.05, 4.69) is 0 Å². The number of nitrogens with zero attached hydrogens (tertiary/aromatic N) is 1. The topological polar surface area (TPSA) is 66.6 Å². The van der Waals surface area contributed by atoms with E-state index in [0.29, 0.717) is 12.8 Å². The molecule has 1 amide bonds. The quantitative estimate of drug-likeness (QED) is 0.563. The Morgan fingerprint density at radius 2 is 1.96 bits per heavy atom. The van der Waals surface area contributed by atoms with Gasteiger partial charge in [0, 0.05) is 18.0 Å². The number of piperidine rings is 1. The maximum atomic E-state index is 13.0. The number of carbonyl (C=O) groups excluding carboxylic acids is 1. The van der Waals surface area contributed by atoms with E-state index in [1.165, 1.54) is 0 Å². The van der Waals surface area contributed by atoms with Crippen LogP contribution in [-0.2, 0) is 16.6 Å². The molecule has 0 unspecified atom stereocenters. The van der Waals surface area contributed by atoms with Gasteiger partial charge in [-0.1, -0.05) is 20.8 Å². The summed E-state index contributed by atoms with van der Waals surface area (Å²) >= 11 is 0. The van der Waals surface area contributed by atoms with Crippen LogP contribution in [0.15, 0.2) is 12.1 Å². The third-order valence-electron chi connectivity index (χ3n) is 6.25. The fraction of sp³-hybridized carbons (Fsp3) is 0.588. The lowest BCUT2D eigenvalue weighted by Gasteiger charge is -2.60. The number of carbonyl (C=O) groups is 1. The molecule has 0 radical (unpaired) electrons. The molecule has 1 heterocycles. The van der Waals surface area contributed by atoms with Crippen molar-refractivity contribution < 1.29 is 23.1 Å². The Hall–Kier alpha value is -1.92. The van der Waals surface area contributed by atoms with E-state index in [1.807, 2.05) is 20.8 Å². The number of nitrogens with two attached hydrogens (primary N) is 1. The zero-order valence-electron chi connectivity index (χ0n) is 13.9. The van der Waals surface area contributed by atoms with Crippen LogP contribution in [0.1, 0.15) is 38.3 Å². The van der Waals surface area contributed by atoms with Crippen LogP contribution in [0, 0.1) is 5.41 Å². The monoisotopic (exact) mass is 342 g/mol. The largest absolute Gasteiger partial charge is 0.506 e. The summed E-state index contributed by atoms with van der Waals surface area (Å²) in [7, 11) is 0. The van der Waals surface area contributed by atoms with Crippen LogP contribution in [0.25, 0.3) is 0 Å². The molecule has 0 aromatic heterocycles. The third-order valence-corrected chi connectivity index (χ3v) is 6.25. The minimum absolute atomic E-state index is 0.0157. The van der Waals surface area contributed by atoms with E-state index in [0.717, 1.165) is 16.0 Å². The van der Waals surface area contributed by atoms with E-state index in [1.54, 1.807) is 12.1 Å². The van der Waals surface area contributed by atoms with Gasteiger partial charge in [0.2, 0.25) is 0 Å². The van der Waals surface area contributed by atoms with Gasteiger partial charge >= 0.3 is 12.1 Å². The summed E-state index contributed by atoms with van der Waals surface area (Å²) in [5.74, 6) is -1.80. The van der Waals surface area contributed by atoms with Crippen molar-refractivity contribution in [2.24, 2.45) is 5.41 Å². The zero-order chi connectivity index (χ0) is 18.1. The average molecular weight is 342 g/mol. The maximum Gasteiger partial charge on any atom is 0.471 e. The number of nitrogen functional groups attached to an aromatic ring is 1. The lowest BCUT2D eigenvalue weighted by molar-refractivity contribution is -0.195. The molecule has 0 spiro atoms. The highest BCUT2D eigenvalue weighted by Crippen LogP contribution is 2.57. The second-order valence-corrected chi connectivity index (χ2v) is 7.59. The Kier molecular flexibility index (Phi) is 3.38. The number of benzene rings is 1. The molecule has 2 aliphatic rings. The second kappa shape index (κ2) is 4.80. The predicted molar refractivity (Wildman–Crippen MR) is 83.5 cm³/mol. The van der Waals surface area contributed by atoms with Crippen LogP contribution in [0.2, 0.25) is 0 Å². The van der Waals surface area contributed by atoms with Gasteiger partial charge in [0.1, 0.15) is 5.75 Å². The van der Waals surface area contributed by atoms with Crippen molar-refractivity contribution in [1.82, 2.24) is 4.90 Å². The second-order valence-electron chi connectivity index (χ2n) is 7.59. The molecule has 132 valence electrons. The SMILES string of the molecule is CC1(C)[C@H]2Cc3cc(N)c(O)cc3[C@]1(C)CCN2C(=O)C(F)(F)F. The van der Waals surface area contributed by atoms with Crippen LogP contribution in [0.5, 0.6) is 5.75 Å². The van der Waals surface area contributed by atoms with Gasteiger partial charge in [-0.2, -0.15) is 13.2 Å². The van der Waals surface area contributed by atoms with Gasteiger partial charge in [-0.05, 0) is 41.5 Å². The summed E-state index contributed by atoms with van der Waals surface area (Å²) in [6.45, 7) is 5.82. The van der Waals surface area contributed by atoms with Gasteiger partial charge in [0.25, 0.3) is 0 Å². The fourth-order valence-electron chi connectivity index (χ4n) is 4.38. The number of fused-ring (bicyclic) bond motifs is 4. The number of hydrogen-bond acceptors (Lipinski definition) is 3. The summed E-state index contributed by atoms with van der Waals surface area (Å²) in [6.07, 6.45) is -4.18. The first-order valence-corrected chi connectivity index (χ1v) is 7.89. The minimum atomic E-state index is -4.88. The van der Waals surface area contributed by atoms with Crippen molar-refractivity contribution in [1.29, 1.82) is 0 Å². The Morgan fingerprint density at radius 1 is 1.33 bits per heavy atom. The molecule has 3 N–H and O–H groups in total. The predicted octanol–water partition coefficient (Wildman–Crippen LogP) is 2.98. The van der Waals surface area contributed by atoms with Gasteiger partial charge in [0.15, 0.2) is 0 Å². The molecule has 4 nitrogen and oxygen atoms in total. The van der Waals surface area contributed by atoms with E-state index in [-0.39, 0.29) is 18.0 Å². The Labute approximate surface area is 138 Å². The van der Waals surface area contributed by atoms with Crippen molar-refractivity contribution in [3.8, 4) is 5.75 Å². The molecule has 24 heavy (non-hydrogen) atoms. The summed E-state index contributed by atoms with van der Waals surface area (Å²) < 4.78 is 38.9. The third kappa shape index (κ3) is 2.09. The molecule has 2 atom stereocenters. The molecule has 2 bridgehead atoms. The molecule has 1 aliphatic heterocycles. The molecule has 3 rings (SSSR count). The van der Waals surface area contributed by atoms with Crippen molar-refractivity contribution >= 4 is 11.6 Å².